The number of nitrogens with zero attached hydrogens (tertiary/aromatic N) is 2. The summed E-state index contributed by atoms with van der Waals surface area (Å²) in [5, 5.41) is 0. The topological polar surface area (TPSA) is 60.4 Å². The predicted octanol–water partition coefficient (Wildman–Crippen LogP) is 3.21. The molecule has 22 heavy (non-hydrogen) atoms. The molecule has 1 amide bonds. The van der Waals surface area contributed by atoms with E-state index in [0.29, 0.717) is 38.7 Å². The van der Waals surface area contributed by atoms with Crippen LogP contribution in [0.1, 0.15) is 54.4 Å². The smallest absolute Gasteiger partial charge is 0.410 e. The van der Waals surface area contributed by atoms with Crippen LogP contribution in [0.5, 0.6) is 0 Å². The molecule has 1 aliphatic heterocycles. The Morgan fingerprint density at radius 3 is 2.32 bits per heavy atom. The van der Waals surface area contributed by atoms with Gasteiger partial charge in [-0.15, -0.1) is 0 Å². The third-order valence-corrected chi connectivity index (χ3v) is 2.67. The van der Waals surface area contributed by atoms with Crippen molar-refractivity contribution in [3.05, 3.63) is 0 Å². The van der Waals surface area contributed by atoms with Crippen molar-refractivity contribution < 1.29 is 19.0 Å². The first kappa shape index (κ1) is 18.6. The van der Waals surface area contributed by atoms with E-state index >= 15 is 0 Å². The molecule has 1 rings (SSSR count). The van der Waals surface area contributed by atoms with E-state index in [9.17, 15) is 4.79 Å². The number of aliphatic imine (C=N–C) groups is 1. The Labute approximate surface area is 133 Å². The van der Waals surface area contributed by atoms with Crippen molar-refractivity contribution in [2.75, 3.05) is 26.2 Å². The molecule has 0 bridgehead atoms. The lowest BCUT2D eigenvalue weighted by molar-refractivity contribution is 0.0222. The molecular formula is C16H30N2O4. The lowest BCUT2D eigenvalue weighted by atomic mass is 10.2. The lowest BCUT2D eigenvalue weighted by Gasteiger charge is -2.28. The van der Waals surface area contributed by atoms with Gasteiger partial charge in [0.1, 0.15) is 11.2 Å². The Balaban J connectivity index is 2.57. The van der Waals surface area contributed by atoms with Gasteiger partial charge in [-0.1, -0.05) is 0 Å². The van der Waals surface area contributed by atoms with Gasteiger partial charge in [0, 0.05) is 19.6 Å². The molecule has 128 valence electrons. The molecule has 0 spiro atoms. The average Bonchev–Trinajstić information content (AvgIpc) is 2.32. The second-order valence-electron chi connectivity index (χ2n) is 7.39. The van der Waals surface area contributed by atoms with E-state index in [1.54, 1.807) is 4.90 Å². The number of hydrogen-bond acceptors (Lipinski definition) is 5. The van der Waals surface area contributed by atoms with Crippen molar-refractivity contribution in [1.82, 2.24) is 4.90 Å². The molecule has 0 fully saturated rings. The van der Waals surface area contributed by atoms with Crippen LogP contribution in [0.15, 0.2) is 4.99 Å². The summed E-state index contributed by atoms with van der Waals surface area (Å²) in [6.45, 7) is 13.8. The van der Waals surface area contributed by atoms with Gasteiger partial charge in [-0.3, -0.25) is 0 Å². The van der Waals surface area contributed by atoms with Crippen LogP contribution in [0, 0.1) is 0 Å². The van der Waals surface area contributed by atoms with E-state index in [2.05, 4.69) is 4.99 Å². The molecule has 6 nitrogen and oxygen atoms in total. The fraction of sp³-hybridized carbons (Fsp3) is 0.875. The lowest BCUT2D eigenvalue weighted by Crippen LogP contribution is -2.39. The molecule has 0 aliphatic carbocycles. The van der Waals surface area contributed by atoms with E-state index in [0.717, 1.165) is 6.42 Å². The number of amides is 1. The van der Waals surface area contributed by atoms with Crippen LogP contribution >= 0.6 is 0 Å². The molecular weight excluding hydrogens is 284 g/mol. The highest BCUT2D eigenvalue weighted by Crippen LogP contribution is 2.12. The van der Waals surface area contributed by atoms with Gasteiger partial charge in [0.15, 0.2) is 0 Å². The van der Waals surface area contributed by atoms with Gasteiger partial charge in [0.25, 0.3) is 0 Å². The maximum atomic E-state index is 12.1. The minimum Gasteiger partial charge on any atom is -0.451 e. The van der Waals surface area contributed by atoms with Crippen LogP contribution < -0.4 is 0 Å². The van der Waals surface area contributed by atoms with Crippen molar-refractivity contribution in [1.29, 1.82) is 0 Å². The van der Waals surface area contributed by atoms with Crippen LogP contribution in [-0.2, 0) is 14.2 Å². The maximum absolute atomic E-state index is 12.1. The molecule has 0 aromatic carbocycles. The highest BCUT2D eigenvalue weighted by molar-refractivity contribution is 5.68. The molecule has 0 N–H and O–H groups in total. The third kappa shape index (κ3) is 8.10. The molecule has 0 radical (unpaired) electrons. The van der Waals surface area contributed by atoms with Gasteiger partial charge in [0.05, 0.1) is 6.61 Å². The van der Waals surface area contributed by atoms with Gasteiger partial charge in [-0.25, -0.2) is 9.79 Å². The summed E-state index contributed by atoms with van der Waals surface area (Å²) in [7, 11) is 0. The zero-order valence-corrected chi connectivity index (χ0v) is 14.8. The van der Waals surface area contributed by atoms with Crippen LogP contribution in [0.25, 0.3) is 0 Å². The van der Waals surface area contributed by atoms with E-state index in [-0.39, 0.29) is 11.7 Å². The maximum Gasteiger partial charge on any atom is 0.410 e. The quantitative estimate of drug-likeness (QED) is 0.689. The van der Waals surface area contributed by atoms with Crippen molar-refractivity contribution in [2.24, 2.45) is 4.99 Å². The van der Waals surface area contributed by atoms with Crippen molar-refractivity contribution >= 4 is 12.2 Å². The van der Waals surface area contributed by atoms with Crippen LogP contribution in [0.2, 0.25) is 0 Å². The third-order valence-electron chi connectivity index (χ3n) is 2.67. The Morgan fingerprint density at radius 2 is 1.73 bits per heavy atom. The van der Waals surface area contributed by atoms with E-state index < -0.39 is 5.60 Å². The SMILES string of the molecule is CC(C)(C)OC(=O)N1CCCN=C(OC(C)(C)C)OCCC1. The number of hydrogen-bond donors (Lipinski definition) is 0. The monoisotopic (exact) mass is 314 g/mol. The van der Waals surface area contributed by atoms with Crippen LogP contribution in [-0.4, -0.2) is 54.5 Å². The highest BCUT2D eigenvalue weighted by Gasteiger charge is 2.22. The van der Waals surface area contributed by atoms with Crippen molar-refractivity contribution in [2.45, 2.75) is 65.6 Å². The Kier molecular flexibility index (Phi) is 6.50. The number of ether oxygens (including phenoxy) is 3. The zero-order valence-electron chi connectivity index (χ0n) is 14.8. The van der Waals surface area contributed by atoms with E-state index in [1.807, 2.05) is 41.5 Å². The summed E-state index contributed by atoms with van der Waals surface area (Å²) in [4.78, 5) is 18.2. The molecule has 0 atom stereocenters. The predicted molar refractivity (Wildman–Crippen MR) is 86.1 cm³/mol. The van der Waals surface area contributed by atoms with Gasteiger partial charge in [0.2, 0.25) is 0 Å². The first-order chi connectivity index (χ1) is 10.1. The Bertz CT molecular complexity index is 394. The number of carbonyl (C=O) groups is 1. The summed E-state index contributed by atoms with van der Waals surface area (Å²) < 4.78 is 16.7. The molecule has 1 aliphatic rings. The molecule has 0 unspecified atom stereocenters. The number of carbonyl (C=O) groups excluding carboxylic acids is 1. The van der Waals surface area contributed by atoms with Crippen molar-refractivity contribution in [3.63, 3.8) is 0 Å². The molecule has 6 heteroatoms. The second kappa shape index (κ2) is 7.70. The largest absolute Gasteiger partial charge is 0.451 e. The first-order valence-electron chi connectivity index (χ1n) is 7.91. The molecule has 0 aromatic rings. The molecule has 1 heterocycles. The van der Waals surface area contributed by atoms with Gasteiger partial charge < -0.3 is 19.1 Å². The molecule has 0 saturated carbocycles. The highest BCUT2D eigenvalue weighted by atomic mass is 16.7. The number of rotatable bonds is 0. The average molecular weight is 314 g/mol. The summed E-state index contributed by atoms with van der Waals surface area (Å²) in [5.74, 6) is 0. The van der Waals surface area contributed by atoms with Crippen LogP contribution in [0.4, 0.5) is 4.79 Å². The standard InChI is InChI=1S/C16H30N2O4/c1-15(2,3)21-13-17-9-7-10-18(11-8-12-20-13)14(19)22-16(4,5)6/h7-12H2,1-6H3. The molecule has 0 aromatic heterocycles. The van der Waals surface area contributed by atoms with Crippen molar-refractivity contribution in [3.8, 4) is 0 Å². The van der Waals surface area contributed by atoms with Gasteiger partial charge in [-0.05, 0) is 54.4 Å². The van der Waals surface area contributed by atoms with Crippen LogP contribution in [0.3, 0.4) is 0 Å². The summed E-state index contributed by atoms with van der Waals surface area (Å²) >= 11 is 0. The minimum absolute atomic E-state index is 0.275. The zero-order chi connectivity index (χ0) is 16.8. The molecule has 0 saturated heterocycles. The van der Waals surface area contributed by atoms with Gasteiger partial charge in [-0.2, -0.15) is 0 Å². The fourth-order valence-electron chi connectivity index (χ4n) is 1.84. The first-order valence-corrected chi connectivity index (χ1v) is 7.91. The summed E-state index contributed by atoms with van der Waals surface area (Å²) in [6, 6.07) is 0. The normalized spacial score (nSPS) is 18.1. The summed E-state index contributed by atoms with van der Waals surface area (Å²) in [5.41, 5.74) is -0.805. The van der Waals surface area contributed by atoms with E-state index in [1.165, 1.54) is 0 Å². The fourth-order valence-corrected chi connectivity index (χ4v) is 1.84. The Morgan fingerprint density at radius 1 is 1.09 bits per heavy atom. The summed E-state index contributed by atoms with van der Waals surface area (Å²) in [6.07, 6.45) is 1.53. The van der Waals surface area contributed by atoms with E-state index in [4.69, 9.17) is 14.2 Å². The minimum atomic E-state index is -0.477. The second-order valence-corrected chi connectivity index (χ2v) is 7.39. The Hall–Kier alpha value is -1.46. The van der Waals surface area contributed by atoms with Gasteiger partial charge >= 0.3 is 12.2 Å².